The van der Waals surface area contributed by atoms with E-state index in [4.69, 9.17) is 29.7 Å². The number of furan rings is 3. The van der Waals surface area contributed by atoms with Crippen molar-refractivity contribution in [2.75, 3.05) is 0 Å². The summed E-state index contributed by atoms with van der Waals surface area (Å²) in [5.41, 5.74) is 19.6. The van der Waals surface area contributed by atoms with Gasteiger partial charge in [0.05, 0.1) is 32.9 Å². The first-order valence-corrected chi connectivity index (χ1v) is 43.6. The first-order chi connectivity index (χ1) is 74.5. The molecule has 0 radical (unpaired) electrons. The van der Waals surface area contributed by atoms with Gasteiger partial charge in [-0.05, 0) is 257 Å². The molecule has 26 aromatic rings. The van der Waals surface area contributed by atoms with Crippen molar-refractivity contribution in [3.63, 3.8) is 0 Å². The minimum atomic E-state index is -0.434. The van der Waals surface area contributed by atoms with Crippen LogP contribution in [0.15, 0.2) is 449 Å². The van der Waals surface area contributed by atoms with Crippen LogP contribution in [0, 0.1) is 0 Å². The fourth-order valence-electron chi connectivity index (χ4n) is 21.3. The van der Waals surface area contributed by atoms with Crippen LogP contribution < -0.4 is 0 Å². The number of hydrogen-bond acceptors (Lipinski definition) is 3. The highest BCUT2D eigenvalue weighted by atomic mass is 16.3. The van der Waals surface area contributed by atoms with Gasteiger partial charge in [0, 0.05) is 43.1 Å². The third-order valence-electron chi connectivity index (χ3n) is 27.2. The van der Waals surface area contributed by atoms with Crippen molar-refractivity contribution in [2.24, 2.45) is 0 Å². The van der Waals surface area contributed by atoms with Gasteiger partial charge in [-0.15, -0.1) is 0 Å². The van der Waals surface area contributed by atoms with Gasteiger partial charge in [-0.2, -0.15) is 0 Å². The Morgan fingerprint density at radius 2 is 0.450 bits per heavy atom. The second kappa shape index (κ2) is 29.6. The Morgan fingerprint density at radius 1 is 0.176 bits per heavy atom. The summed E-state index contributed by atoms with van der Waals surface area (Å²) in [7, 11) is 0. The predicted octanol–water partition coefficient (Wildman–Crippen LogP) is 36.3. The van der Waals surface area contributed by atoms with E-state index < -0.39 is 72.5 Å². The molecule has 614 valence electrons. The molecule has 0 bridgehead atoms. The molecule has 131 heavy (non-hydrogen) atoms. The lowest BCUT2D eigenvalue weighted by atomic mass is 9.80. The van der Waals surface area contributed by atoms with Crippen molar-refractivity contribution in [2.45, 2.75) is 38.5 Å². The molecule has 2 aliphatic carbocycles. The van der Waals surface area contributed by atoms with Crippen LogP contribution in [-0.2, 0) is 10.8 Å². The molecule has 3 aromatic heterocycles. The number of benzene rings is 23. The molecule has 0 saturated carbocycles. The van der Waals surface area contributed by atoms with Gasteiger partial charge in [0.15, 0.2) is 0 Å². The van der Waals surface area contributed by atoms with E-state index in [2.05, 4.69) is 82.3 Å². The molecule has 28 rings (SSSR count). The van der Waals surface area contributed by atoms with Gasteiger partial charge < -0.3 is 13.3 Å². The van der Waals surface area contributed by atoms with Crippen molar-refractivity contribution in [1.29, 1.82) is 0 Å². The van der Waals surface area contributed by atoms with Crippen molar-refractivity contribution in [3.8, 4) is 100 Å². The molecule has 3 heteroatoms. The molecule has 0 saturated heterocycles. The van der Waals surface area contributed by atoms with E-state index in [0.29, 0.717) is 116 Å². The Morgan fingerprint density at radius 3 is 0.863 bits per heavy atom. The van der Waals surface area contributed by atoms with Crippen LogP contribution in [0.5, 0.6) is 0 Å². The largest absolute Gasteiger partial charge is 0.456 e. The Labute approximate surface area is 791 Å². The highest BCUT2D eigenvalue weighted by Gasteiger charge is 2.38. The monoisotopic (exact) mass is 1690 g/mol. The lowest BCUT2D eigenvalue weighted by Crippen LogP contribution is -2.14. The topological polar surface area (TPSA) is 39.4 Å². The van der Waals surface area contributed by atoms with E-state index in [1.54, 1.807) is 18.2 Å². The summed E-state index contributed by atoms with van der Waals surface area (Å²) in [6.07, 6.45) is 0. The first-order valence-electron chi connectivity index (χ1n) is 55.6. The summed E-state index contributed by atoms with van der Waals surface area (Å²) < 4.78 is 237. The maximum absolute atomic E-state index is 9.39. The van der Waals surface area contributed by atoms with Crippen LogP contribution in [0.1, 0.15) is 82.8 Å². The molecule has 23 aromatic carbocycles. The molecule has 3 nitrogen and oxygen atoms in total. The number of hydrogen-bond donors (Lipinski definition) is 0. The van der Waals surface area contributed by atoms with E-state index in [1.807, 2.05) is 218 Å². The summed E-state index contributed by atoms with van der Waals surface area (Å²) in [6, 6.07) is 84.8. The van der Waals surface area contributed by atoms with E-state index in [1.165, 1.54) is 27.8 Å². The SMILES string of the molecule is [2H]c1c([2H])c([2H])c2c(-c3cccc4oc5ccccc5c34)c3c([2H])c([2H])c([2H])c([2H])c3c(-c3ccc(-c4ccc5c(c4)C(C)(C)c4ccccc4-5)cc3)c2c1[2H].[2H]c1c([2H])c([2H])c2c(-c3cccc4oc5ccccc5c34)c3c([2H])c([2H])c([2H])c([2H])c3c(-c3ccc4c(c3)C(C)(C)c3ccccc3-4)c2c1[2H].[2H]c1c([2H])c([2H])c2c(-c3cccc4oc5ccccc5c34)c3c([2H])c([2H])c([2H])c([2H])c3c(-c3cccc4c3ccc3ccccc34)c2c1[2H]. The number of para-hydroxylation sites is 3. The second-order valence-corrected chi connectivity index (χ2v) is 34.7. The van der Waals surface area contributed by atoms with Crippen LogP contribution >= 0.6 is 0 Å². The molecular weight excluding hydrogens is 1590 g/mol. The van der Waals surface area contributed by atoms with E-state index in [-0.39, 0.29) is 148 Å². The Balaban J connectivity index is 0.000000116. The zero-order valence-corrected chi connectivity index (χ0v) is 70.9. The minimum Gasteiger partial charge on any atom is -0.456 e. The Bertz CT molecular complexity index is 10600. The summed E-state index contributed by atoms with van der Waals surface area (Å²) in [6.45, 7) is 8.77. The molecule has 0 fully saturated rings. The molecule has 0 unspecified atom stereocenters. The summed E-state index contributed by atoms with van der Waals surface area (Å²) >= 11 is 0. The summed E-state index contributed by atoms with van der Waals surface area (Å²) in [5.74, 6) is 0. The van der Waals surface area contributed by atoms with Crippen molar-refractivity contribution in [3.05, 3.63) is 458 Å². The van der Waals surface area contributed by atoms with Crippen molar-refractivity contribution < 1.29 is 46.1 Å². The standard InChI is InChI=1S/C47H32O.C41H28O.C40H24O/c1-47(2)40-19-9-7-12-32(40)33-27-26-31(28-41(33)47)29-22-24-30(25-23-29)44-34-13-3-5-15-36(34)45(37-16-6-4-14-35(37)44)39-18-11-21-43-46(39)38-17-8-10-20-42(38)48-43;1-41(2)34-19-9-7-12-26(34)27-23-22-25(24-35(27)41)38-28-13-3-5-15-30(28)39(31-16-6-4-14-29(31)38)33-18-11-21-37-40(33)32-17-8-10-20-36(32)42-37;1-2-12-26-25(11-1)23-24-28-27(26)18-9-19-29(28)38-30-13-3-5-15-32(30)39(33-16-6-4-14-31(33)38)35-20-10-22-37-40(35)34-17-7-8-21-36(34)41-37/h3-28H,1-2H3;3-24H,1-2H3;1-24H/i3*3D,4D,5D,6D,13D,14D,15D,16D. The van der Waals surface area contributed by atoms with Gasteiger partial charge in [-0.3, -0.25) is 0 Å². The average molecular weight is 1690 g/mol. The fraction of sp³-hybridized carbons (Fsp3) is 0.0469. The summed E-state index contributed by atoms with van der Waals surface area (Å²) in [5, 5.41) is 10.3. The van der Waals surface area contributed by atoms with Gasteiger partial charge >= 0.3 is 0 Å². The van der Waals surface area contributed by atoms with Crippen LogP contribution in [0.2, 0.25) is 0 Å². The van der Waals surface area contributed by atoms with Crippen LogP contribution in [0.4, 0.5) is 0 Å². The highest BCUT2D eigenvalue weighted by molar-refractivity contribution is 6.31. The normalized spacial score (nSPS) is 15.6. The van der Waals surface area contributed by atoms with Gasteiger partial charge in [0.2, 0.25) is 0 Å². The van der Waals surface area contributed by atoms with Crippen LogP contribution in [0.25, 0.3) is 252 Å². The average Bonchev–Trinajstić information content (AvgIpc) is 1.47. The highest BCUT2D eigenvalue weighted by Crippen LogP contribution is 2.56. The lowest BCUT2D eigenvalue weighted by Gasteiger charge is -2.23. The third kappa shape index (κ3) is 11.6. The molecule has 0 atom stereocenters. The first kappa shape index (κ1) is 55.2. The maximum atomic E-state index is 9.39. The van der Waals surface area contributed by atoms with Gasteiger partial charge in [0.1, 0.15) is 33.5 Å². The smallest absolute Gasteiger partial charge is 0.136 e. The second-order valence-electron chi connectivity index (χ2n) is 34.7. The van der Waals surface area contributed by atoms with E-state index >= 15 is 0 Å². The molecule has 0 spiro atoms. The van der Waals surface area contributed by atoms with E-state index in [9.17, 15) is 16.4 Å². The fourth-order valence-corrected chi connectivity index (χ4v) is 21.3. The zero-order chi connectivity index (χ0) is 108. The molecular formula is C128H84O3. The molecule has 3 heterocycles. The number of fused-ring (bicyclic) bond motifs is 24. The lowest BCUT2D eigenvalue weighted by molar-refractivity contribution is 0.660. The van der Waals surface area contributed by atoms with E-state index in [0.717, 1.165) is 65.5 Å². The molecule has 2 aliphatic rings. The molecule has 0 aliphatic heterocycles. The van der Waals surface area contributed by atoms with Crippen LogP contribution in [0.3, 0.4) is 0 Å². The van der Waals surface area contributed by atoms with Crippen molar-refractivity contribution >= 4 is 152 Å². The Hall–Kier alpha value is -16.5. The predicted molar refractivity (Wildman–Crippen MR) is 554 cm³/mol. The van der Waals surface area contributed by atoms with Crippen LogP contribution in [-0.4, -0.2) is 0 Å². The third-order valence-corrected chi connectivity index (χ3v) is 27.2. The summed E-state index contributed by atoms with van der Waals surface area (Å²) in [4.78, 5) is 0. The zero-order valence-electron chi connectivity index (χ0n) is 94.9. The number of rotatable bonds is 7. The quantitative estimate of drug-likeness (QED) is 0.118. The Kier molecular flexibility index (Phi) is 12.5. The van der Waals surface area contributed by atoms with Gasteiger partial charge in [-0.1, -0.05) is 415 Å². The maximum Gasteiger partial charge on any atom is 0.136 e. The molecule has 0 amide bonds. The van der Waals surface area contributed by atoms with Crippen molar-refractivity contribution in [1.82, 2.24) is 0 Å². The minimum absolute atomic E-state index is 0.172. The van der Waals surface area contributed by atoms with Gasteiger partial charge in [0.25, 0.3) is 0 Å². The molecule has 0 N–H and O–H groups in total. The van der Waals surface area contributed by atoms with Gasteiger partial charge in [-0.25, -0.2) is 0 Å².